The molecule has 0 amide bonds. The molecule has 0 atom stereocenters. The minimum absolute atomic E-state index is 0.367. The lowest BCUT2D eigenvalue weighted by Crippen LogP contribution is -2.12. The van der Waals surface area contributed by atoms with Crippen LogP contribution in [0.25, 0.3) is 0 Å². The van der Waals surface area contributed by atoms with Crippen LogP contribution in [0.4, 0.5) is 0 Å². The highest BCUT2D eigenvalue weighted by atomic mass is 16.5. The molecule has 31 heavy (non-hydrogen) atoms. The van der Waals surface area contributed by atoms with Crippen LogP contribution in [0.3, 0.4) is 0 Å². The summed E-state index contributed by atoms with van der Waals surface area (Å²) in [7, 11) is 0. The van der Waals surface area contributed by atoms with Gasteiger partial charge in [0.15, 0.2) is 0 Å². The number of benzene rings is 4. The fourth-order valence-corrected chi connectivity index (χ4v) is 5.17. The summed E-state index contributed by atoms with van der Waals surface area (Å²) in [5.74, 6) is 4.71. The summed E-state index contributed by atoms with van der Waals surface area (Å²) in [6.45, 7) is 0. The fraction of sp³-hybridized carbons (Fsp3) is 0.172. The van der Waals surface area contributed by atoms with E-state index in [1.807, 2.05) is 0 Å². The average Bonchev–Trinajstić information content (AvgIpc) is 2.83. The van der Waals surface area contributed by atoms with E-state index >= 15 is 0 Å². The van der Waals surface area contributed by atoms with E-state index in [4.69, 9.17) is 9.47 Å². The predicted molar refractivity (Wildman–Crippen MR) is 123 cm³/mol. The van der Waals surface area contributed by atoms with Gasteiger partial charge in [0, 0.05) is 34.1 Å². The molecule has 0 spiro atoms. The number of hydrogen-bond acceptors (Lipinski definition) is 2. The van der Waals surface area contributed by atoms with Gasteiger partial charge in [-0.25, -0.2) is 0 Å². The lowest BCUT2D eigenvalue weighted by atomic mass is 9.80. The molecular formula is C29H24O2. The highest BCUT2D eigenvalue weighted by Gasteiger charge is 2.29. The number of rotatable bonds is 4. The molecule has 4 aromatic rings. The molecule has 0 unspecified atom stereocenters. The summed E-state index contributed by atoms with van der Waals surface area (Å²) in [6, 6.07) is 33.9. The summed E-state index contributed by atoms with van der Waals surface area (Å²) in [5, 5.41) is 0. The maximum atomic E-state index is 6.18. The minimum Gasteiger partial charge on any atom is -0.457 e. The molecule has 4 aromatic carbocycles. The van der Waals surface area contributed by atoms with Crippen molar-refractivity contribution in [1.29, 1.82) is 0 Å². The highest BCUT2D eigenvalue weighted by molar-refractivity contribution is 5.54. The van der Waals surface area contributed by atoms with E-state index < -0.39 is 0 Å². The van der Waals surface area contributed by atoms with Crippen LogP contribution >= 0.6 is 0 Å². The highest BCUT2D eigenvalue weighted by Crippen LogP contribution is 2.49. The fourth-order valence-electron chi connectivity index (χ4n) is 5.17. The summed E-state index contributed by atoms with van der Waals surface area (Å²) >= 11 is 0. The van der Waals surface area contributed by atoms with Gasteiger partial charge in [-0.1, -0.05) is 79.2 Å². The van der Waals surface area contributed by atoms with Crippen LogP contribution in [-0.2, 0) is 0 Å². The van der Waals surface area contributed by atoms with Crippen molar-refractivity contribution in [3.05, 3.63) is 119 Å². The molecule has 0 aromatic heterocycles. The Morgan fingerprint density at radius 3 is 1.03 bits per heavy atom. The van der Waals surface area contributed by atoms with E-state index in [2.05, 4.69) is 97.1 Å². The summed E-state index contributed by atoms with van der Waals surface area (Å²) in [6.07, 6.45) is 3.32. The first-order chi connectivity index (χ1) is 15.4. The number of para-hydroxylation sites is 4. The number of ether oxygens (including phenoxy) is 2. The van der Waals surface area contributed by atoms with Crippen LogP contribution in [0.5, 0.6) is 23.0 Å². The molecule has 0 radical (unpaired) electrons. The van der Waals surface area contributed by atoms with Gasteiger partial charge in [0.25, 0.3) is 0 Å². The lowest BCUT2D eigenvalue weighted by molar-refractivity contribution is 0.425. The van der Waals surface area contributed by atoms with Crippen LogP contribution in [0, 0.1) is 0 Å². The van der Waals surface area contributed by atoms with Crippen LogP contribution in [0.2, 0.25) is 0 Å². The second kappa shape index (κ2) is 7.63. The molecular weight excluding hydrogens is 380 g/mol. The van der Waals surface area contributed by atoms with Crippen molar-refractivity contribution in [2.75, 3.05) is 0 Å². The van der Waals surface area contributed by atoms with Gasteiger partial charge in [0.2, 0.25) is 0 Å². The van der Waals surface area contributed by atoms with E-state index in [1.165, 1.54) is 22.3 Å². The van der Waals surface area contributed by atoms with Crippen molar-refractivity contribution < 1.29 is 9.47 Å². The molecule has 0 saturated heterocycles. The van der Waals surface area contributed by atoms with Gasteiger partial charge in [0.1, 0.15) is 23.0 Å². The number of fused-ring (bicyclic) bond motifs is 4. The van der Waals surface area contributed by atoms with Crippen molar-refractivity contribution in [3.8, 4) is 23.0 Å². The van der Waals surface area contributed by atoms with Gasteiger partial charge in [0.05, 0.1) is 0 Å². The van der Waals surface area contributed by atoms with Gasteiger partial charge in [-0.15, -0.1) is 0 Å². The Kier molecular flexibility index (Phi) is 4.49. The van der Waals surface area contributed by atoms with Gasteiger partial charge in [-0.3, -0.25) is 0 Å². The topological polar surface area (TPSA) is 18.5 Å². The van der Waals surface area contributed by atoms with Crippen molar-refractivity contribution in [1.82, 2.24) is 0 Å². The molecule has 2 heteroatoms. The zero-order valence-corrected chi connectivity index (χ0v) is 17.3. The Labute approximate surface area is 183 Å². The SMILES string of the molecule is c1ccc2c(c1)Oc1ccccc1C2CCCC1c2ccccc2Oc2ccccc21. The standard InChI is InChI=1S/C29H24O2/c1-5-16-26-22(10-1)20(23-11-2-6-17-27(23)30-26)14-9-15-21-24-12-3-7-18-28(24)31-29-19-8-4-13-25(21)29/h1-8,10-13,16-21H,9,14-15H2. The Bertz CT molecular complexity index is 1050. The quantitative estimate of drug-likeness (QED) is 0.343. The van der Waals surface area contributed by atoms with E-state index in [1.54, 1.807) is 0 Å². The first kappa shape index (κ1) is 18.3. The van der Waals surface area contributed by atoms with E-state index in [0.29, 0.717) is 11.8 Å². The maximum absolute atomic E-state index is 6.18. The second-order valence-electron chi connectivity index (χ2n) is 8.39. The van der Waals surface area contributed by atoms with Crippen molar-refractivity contribution in [2.24, 2.45) is 0 Å². The molecule has 0 fully saturated rings. The summed E-state index contributed by atoms with van der Waals surface area (Å²) in [4.78, 5) is 0. The van der Waals surface area contributed by atoms with Crippen LogP contribution in [0.15, 0.2) is 97.1 Å². The largest absolute Gasteiger partial charge is 0.457 e. The molecule has 0 saturated carbocycles. The Morgan fingerprint density at radius 1 is 0.419 bits per heavy atom. The van der Waals surface area contributed by atoms with Crippen LogP contribution in [0.1, 0.15) is 53.4 Å². The molecule has 6 rings (SSSR count). The van der Waals surface area contributed by atoms with Crippen LogP contribution < -0.4 is 9.47 Å². The van der Waals surface area contributed by atoms with E-state index in [9.17, 15) is 0 Å². The monoisotopic (exact) mass is 404 g/mol. The van der Waals surface area contributed by atoms with E-state index in [0.717, 1.165) is 42.3 Å². The number of hydrogen-bond donors (Lipinski definition) is 0. The minimum atomic E-state index is 0.367. The molecule has 2 nitrogen and oxygen atoms in total. The Morgan fingerprint density at radius 2 is 0.710 bits per heavy atom. The van der Waals surface area contributed by atoms with Crippen molar-refractivity contribution in [2.45, 2.75) is 31.1 Å². The first-order valence-corrected chi connectivity index (χ1v) is 11.1. The van der Waals surface area contributed by atoms with Crippen LogP contribution in [-0.4, -0.2) is 0 Å². The smallest absolute Gasteiger partial charge is 0.131 e. The molecule has 2 heterocycles. The normalized spacial score (nSPS) is 14.5. The third-order valence-corrected chi connectivity index (χ3v) is 6.60. The van der Waals surface area contributed by atoms with Gasteiger partial charge < -0.3 is 9.47 Å². The van der Waals surface area contributed by atoms with Gasteiger partial charge in [-0.2, -0.15) is 0 Å². The Hall–Kier alpha value is -3.52. The third-order valence-electron chi connectivity index (χ3n) is 6.60. The van der Waals surface area contributed by atoms with Gasteiger partial charge >= 0.3 is 0 Å². The molecule has 0 N–H and O–H groups in total. The zero-order valence-electron chi connectivity index (χ0n) is 17.3. The third kappa shape index (κ3) is 3.19. The molecule has 0 aliphatic carbocycles. The van der Waals surface area contributed by atoms with E-state index in [-0.39, 0.29) is 0 Å². The first-order valence-electron chi connectivity index (χ1n) is 11.1. The second-order valence-corrected chi connectivity index (χ2v) is 8.39. The molecule has 2 aliphatic heterocycles. The molecule has 2 aliphatic rings. The molecule has 152 valence electrons. The zero-order chi connectivity index (χ0) is 20.6. The average molecular weight is 405 g/mol. The predicted octanol–water partition coefficient (Wildman–Crippen LogP) is 8.03. The molecule has 0 bridgehead atoms. The maximum Gasteiger partial charge on any atom is 0.131 e. The Balaban J connectivity index is 1.29. The van der Waals surface area contributed by atoms with Crippen molar-refractivity contribution >= 4 is 0 Å². The summed E-state index contributed by atoms with van der Waals surface area (Å²) in [5.41, 5.74) is 5.20. The van der Waals surface area contributed by atoms with Gasteiger partial charge in [-0.05, 0) is 37.1 Å². The lowest BCUT2D eigenvalue weighted by Gasteiger charge is -2.30. The summed E-state index contributed by atoms with van der Waals surface area (Å²) < 4.78 is 12.4. The van der Waals surface area contributed by atoms with Crippen molar-refractivity contribution in [3.63, 3.8) is 0 Å².